The topological polar surface area (TPSA) is 54.9 Å². The minimum atomic E-state index is -0.264. The molecule has 2 aromatic rings. The molecular formula is C13H11Cl2N3OS. The fourth-order valence-corrected chi connectivity index (χ4v) is 3.12. The van der Waals surface area contributed by atoms with Gasteiger partial charge in [0.05, 0.1) is 10.0 Å². The molecule has 4 nitrogen and oxygen atoms in total. The molecule has 7 heteroatoms. The third kappa shape index (κ3) is 2.80. The lowest BCUT2D eigenvalue weighted by Crippen LogP contribution is -2.11. The van der Waals surface area contributed by atoms with Crippen molar-refractivity contribution in [1.82, 2.24) is 10.2 Å². The first-order valence-corrected chi connectivity index (χ1v) is 7.80. The number of carbonyl (C=O) groups is 1. The van der Waals surface area contributed by atoms with E-state index in [-0.39, 0.29) is 5.91 Å². The number of carbonyl (C=O) groups excluding carboxylic acids is 1. The van der Waals surface area contributed by atoms with E-state index in [2.05, 4.69) is 15.5 Å². The van der Waals surface area contributed by atoms with Crippen molar-refractivity contribution >= 4 is 45.6 Å². The largest absolute Gasteiger partial charge is 0.296 e. The van der Waals surface area contributed by atoms with E-state index in [1.807, 2.05) is 0 Å². The van der Waals surface area contributed by atoms with E-state index in [1.165, 1.54) is 23.8 Å². The van der Waals surface area contributed by atoms with Gasteiger partial charge >= 0.3 is 0 Å². The summed E-state index contributed by atoms with van der Waals surface area (Å²) in [4.78, 5) is 12.1. The third-order valence-corrected chi connectivity index (χ3v) is 5.04. The number of nitrogens with zero attached hydrogens (tertiary/aromatic N) is 2. The molecule has 1 fully saturated rings. The van der Waals surface area contributed by atoms with Gasteiger partial charge in [-0.15, -0.1) is 10.2 Å². The molecule has 104 valence electrons. The molecule has 3 rings (SSSR count). The SMILES string of the molecule is O=C(Nc1nnc(C2CCC2)s1)c1ccc(Cl)c(Cl)c1. The number of nitrogens with one attached hydrogen (secondary N) is 1. The molecule has 0 bridgehead atoms. The summed E-state index contributed by atoms with van der Waals surface area (Å²) in [5, 5.41) is 13.2. The molecule has 0 aliphatic heterocycles. The maximum absolute atomic E-state index is 12.1. The van der Waals surface area contributed by atoms with Crippen LogP contribution < -0.4 is 5.32 Å². The highest BCUT2D eigenvalue weighted by Gasteiger charge is 2.23. The molecule has 1 N–H and O–H groups in total. The Hall–Kier alpha value is -1.17. The number of rotatable bonds is 3. The van der Waals surface area contributed by atoms with Crippen molar-refractivity contribution in [3.8, 4) is 0 Å². The van der Waals surface area contributed by atoms with Crippen LogP contribution in [0.1, 0.15) is 40.5 Å². The van der Waals surface area contributed by atoms with E-state index in [9.17, 15) is 4.79 Å². The average molecular weight is 328 g/mol. The third-order valence-electron chi connectivity index (χ3n) is 3.30. The summed E-state index contributed by atoms with van der Waals surface area (Å²) in [7, 11) is 0. The van der Waals surface area contributed by atoms with Gasteiger partial charge in [-0.2, -0.15) is 0 Å². The Labute approximate surface area is 130 Å². The van der Waals surface area contributed by atoms with Crippen LogP contribution in [0.5, 0.6) is 0 Å². The van der Waals surface area contributed by atoms with Crippen molar-refractivity contribution in [2.24, 2.45) is 0 Å². The van der Waals surface area contributed by atoms with Crippen LogP contribution in [0.4, 0.5) is 5.13 Å². The zero-order valence-electron chi connectivity index (χ0n) is 10.4. The van der Waals surface area contributed by atoms with Gasteiger partial charge in [0.25, 0.3) is 5.91 Å². The minimum absolute atomic E-state index is 0.264. The summed E-state index contributed by atoms with van der Waals surface area (Å²) in [5.74, 6) is 0.253. The predicted molar refractivity (Wildman–Crippen MR) is 80.9 cm³/mol. The highest BCUT2D eigenvalue weighted by atomic mass is 35.5. The van der Waals surface area contributed by atoms with Crippen LogP contribution in [0, 0.1) is 0 Å². The van der Waals surface area contributed by atoms with Crippen LogP contribution in [0.2, 0.25) is 10.0 Å². The maximum Gasteiger partial charge on any atom is 0.257 e. The molecule has 1 aromatic heterocycles. The van der Waals surface area contributed by atoms with Crippen molar-refractivity contribution in [1.29, 1.82) is 0 Å². The van der Waals surface area contributed by atoms with Crippen molar-refractivity contribution < 1.29 is 4.79 Å². The molecule has 1 saturated carbocycles. The minimum Gasteiger partial charge on any atom is -0.296 e. The van der Waals surface area contributed by atoms with E-state index < -0.39 is 0 Å². The lowest BCUT2D eigenvalue weighted by atomic mass is 9.86. The number of hydrogen-bond donors (Lipinski definition) is 1. The molecule has 0 saturated heterocycles. The van der Waals surface area contributed by atoms with Gasteiger partial charge in [-0.1, -0.05) is 41.0 Å². The van der Waals surface area contributed by atoms with Crippen molar-refractivity contribution in [3.05, 3.63) is 38.8 Å². The Kier molecular flexibility index (Phi) is 3.92. The second kappa shape index (κ2) is 5.68. The molecule has 0 spiro atoms. The molecule has 0 radical (unpaired) electrons. The van der Waals surface area contributed by atoms with E-state index >= 15 is 0 Å². The molecule has 1 aliphatic carbocycles. The number of hydrogen-bond acceptors (Lipinski definition) is 4. The fourth-order valence-electron chi connectivity index (χ4n) is 1.91. The molecule has 0 unspecified atom stereocenters. The predicted octanol–water partition coefficient (Wildman–Crippen LogP) is 4.36. The van der Waals surface area contributed by atoms with Gasteiger partial charge < -0.3 is 0 Å². The lowest BCUT2D eigenvalue weighted by molar-refractivity contribution is 0.102. The molecular weight excluding hydrogens is 317 g/mol. The Morgan fingerprint density at radius 1 is 1.25 bits per heavy atom. The van der Waals surface area contributed by atoms with Gasteiger partial charge in [-0.05, 0) is 31.0 Å². The standard InChI is InChI=1S/C13H11Cl2N3OS/c14-9-5-4-8(6-10(9)15)11(19)16-13-18-17-12(20-13)7-2-1-3-7/h4-7H,1-3H2,(H,16,18,19). The average Bonchev–Trinajstić information content (AvgIpc) is 2.78. The van der Waals surface area contributed by atoms with E-state index in [0.717, 1.165) is 17.8 Å². The van der Waals surface area contributed by atoms with Crippen molar-refractivity contribution in [3.63, 3.8) is 0 Å². The number of halogens is 2. The van der Waals surface area contributed by atoms with Crippen LogP contribution >= 0.6 is 34.5 Å². The zero-order valence-corrected chi connectivity index (χ0v) is 12.7. The van der Waals surface area contributed by atoms with Crippen molar-refractivity contribution in [2.75, 3.05) is 5.32 Å². The highest BCUT2D eigenvalue weighted by Crippen LogP contribution is 2.38. The first kappa shape index (κ1) is 13.8. The zero-order chi connectivity index (χ0) is 14.1. The maximum atomic E-state index is 12.1. The quantitative estimate of drug-likeness (QED) is 0.910. The monoisotopic (exact) mass is 327 g/mol. The fraction of sp³-hybridized carbons (Fsp3) is 0.308. The normalized spacial score (nSPS) is 14.9. The Bertz CT molecular complexity index is 655. The smallest absolute Gasteiger partial charge is 0.257 e. The highest BCUT2D eigenvalue weighted by molar-refractivity contribution is 7.15. The molecule has 1 heterocycles. The van der Waals surface area contributed by atoms with Crippen molar-refractivity contribution in [2.45, 2.75) is 25.2 Å². The van der Waals surface area contributed by atoms with Gasteiger partial charge in [-0.25, -0.2) is 0 Å². The van der Waals surface area contributed by atoms with E-state index in [1.54, 1.807) is 12.1 Å². The Morgan fingerprint density at radius 3 is 2.70 bits per heavy atom. The van der Waals surface area contributed by atoms with Crippen LogP contribution in [0.3, 0.4) is 0 Å². The summed E-state index contributed by atoms with van der Waals surface area (Å²) >= 11 is 13.2. The number of aromatic nitrogens is 2. The summed E-state index contributed by atoms with van der Waals surface area (Å²) in [6.07, 6.45) is 3.57. The van der Waals surface area contributed by atoms with E-state index in [0.29, 0.717) is 26.7 Å². The number of amides is 1. The molecule has 20 heavy (non-hydrogen) atoms. The first-order valence-electron chi connectivity index (χ1n) is 6.23. The van der Waals surface area contributed by atoms with Crippen LogP contribution in [-0.2, 0) is 0 Å². The van der Waals surface area contributed by atoms with Gasteiger partial charge in [0, 0.05) is 11.5 Å². The van der Waals surface area contributed by atoms with Crippen LogP contribution in [0.25, 0.3) is 0 Å². The van der Waals surface area contributed by atoms with Gasteiger partial charge in [0.1, 0.15) is 5.01 Å². The molecule has 1 aromatic carbocycles. The lowest BCUT2D eigenvalue weighted by Gasteiger charge is -2.21. The van der Waals surface area contributed by atoms with Gasteiger partial charge in [0.2, 0.25) is 5.13 Å². The second-order valence-electron chi connectivity index (χ2n) is 4.66. The molecule has 1 amide bonds. The summed E-state index contributed by atoms with van der Waals surface area (Å²) in [6.45, 7) is 0. The number of anilines is 1. The van der Waals surface area contributed by atoms with Gasteiger partial charge in [0.15, 0.2) is 0 Å². The summed E-state index contributed by atoms with van der Waals surface area (Å²) < 4.78 is 0. The van der Waals surface area contributed by atoms with Gasteiger partial charge in [-0.3, -0.25) is 10.1 Å². The second-order valence-corrected chi connectivity index (χ2v) is 6.48. The molecule has 0 atom stereocenters. The van der Waals surface area contributed by atoms with Crippen LogP contribution in [-0.4, -0.2) is 16.1 Å². The summed E-state index contributed by atoms with van der Waals surface area (Å²) in [6, 6.07) is 4.75. The number of benzene rings is 1. The van der Waals surface area contributed by atoms with E-state index in [4.69, 9.17) is 23.2 Å². The Balaban J connectivity index is 1.71. The van der Waals surface area contributed by atoms with Crippen LogP contribution in [0.15, 0.2) is 18.2 Å². The molecule has 1 aliphatic rings. The Morgan fingerprint density at radius 2 is 2.05 bits per heavy atom. The summed E-state index contributed by atoms with van der Waals surface area (Å²) in [5.41, 5.74) is 0.444. The first-order chi connectivity index (χ1) is 9.63.